The van der Waals surface area contributed by atoms with Crippen molar-refractivity contribution in [2.75, 3.05) is 26.2 Å². The number of carbonyl (C=O) groups excluding carboxylic acids is 2. The van der Waals surface area contributed by atoms with Gasteiger partial charge in [0.05, 0.1) is 4.90 Å². The number of rotatable bonds is 7. The number of hydrogen-bond acceptors (Lipinski definition) is 4. The average Bonchev–Trinajstić information content (AvgIpc) is 2.79. The van der Waals surface area contributed by atoms with Crippen LogP contribution in [0.4, 0.5) is 0 Å². The van der Waals surface area contributed by atoms with Gasteiger partial charge in [0.15, 0.2) is 0 Å². The van der Waals surface area contributed by atoms with E-state index < -0.39 is 22.0 Å². The molecule has 1 N–H and O–H groups in total. The van der Waals surface area contributed by atoms with Crippen LogP contribution in [-0.4, -0.2) is 61.7 Å². The Balaban J connectivity index is 1.79. The monoisotopic (exact) mass is 491 g/mol. The molecule has 1 atom stereocenters. The van der Waals surface area contributed by atoms with E-state index in [2.05, 4.69) is 5.32 Å². The maximum atomic E-state index is 13.4. The molecule has 1 aliphatic heterocycles. The summed E-state index contributed by atoms with van der Waals surface area (Å²) >= 11 is 6.18. The van der Waals surface area contributed by atoms with Crippen LogP contribution in [0.25, 0.3) is 0 Å². The molecule has 2 amide bonds. The van der Waals surface area contributed by atoms with Crippen LogP contribution >= 0.6 is 11.6 Å². The van der Waals surface area contributed by atoms with Crippen molar-refractivity contribution in [1.82, 2.24) is 14.5 Å². The summed E-state index contributed by atoms with van der Waals surface area (Å²) in [6.45, 7) is 6.09. The van der Waals surface area contributed by atoms with Gasteiger partial charge in [-0.15, -0.1) is 0 Å². The molecule has 1 heterocycles. The molecule has 0 radical (unpaired) electrons. The Kier molecular flexibility index (Phi) is 8.15. The third kappa shape index (κ3) is 5.93. The number of nitrogens with one attached hydrogen (secondary N) is 1. The van der Waals surface area contributed by atoms with Gasteiger partial charge >= 0.3 is 0 Å². The Hall–Kier alpha value is -2.42. The Morgan fingerprint density at radius 3 is 2.36 bits per heavy atom. The lowest BCUT2D eigenvalue weighted by Gasteiger charge is -2.39. The lowest BCUT2D eigenvalue weighted by Crippen LogP contribution is -2.61. The number of hydrogen-bond donors (Lipinski definition) is 1. The van der Waals surface area contributed by atoms with Crippen molar-refractivity contribution in [2.24, 2.45) is 0 Å². The van der Waals surface area contributed by atoms with E-state index in [1.807, 2.05) is 32.0 Å². The zero-order valence-electron chi connectivity index (χ0n) is 19.1. The van der Waals surface area contributed by atoms with Crippen LogP contribution in [0.5, 0.6) is 0 Å². The summed E-state index contributed by atoms with van der Waals surface area (Å²) in [4.78, 5) is 26.7. The lowest BCUT2D eigenvalue weighted by atomic mass is 10.0. The predicted molar refractivity (Wildman–Crippen MR) is 129 cm³/mol. The van der Waals surface area contributed by atoms with Crippen molar-refractivity contribution in [1.29, 1.82) is 0 Å². The fourth-order valence-corrected chi connectivity index (χ4v) is 5.65. The number of halogens is 1. The van der Waals surface area contributed by atoms with Gasteiger partial charge < -0.3 is 10.2 Å². The van der Waals surface area contributed by atoms with Crippen molar-refractivity contribution in [3.8, 4) is 0 Å². The molecule has 0 unspecified atom stereocenters. The molecule has 9 heteroatoms. The molecule has 0 spiro atoms. The summed E-state index contributed by atoms with van der Waals surface area (Å²) in [5.41, 5.74) is 1.92. The highest BCUT2D eigenvalue weighted by Crippen LogP contribution is 2.24. The van der Waals surface area contributed by atoms with E-state index in [-0.39, 0.29) is 36.4 Å². The SMILES string of the molecule is CC(=O)N1CCN(S(=O)(=O)c2ccc(C(C)C)cc2)[C@@H](C(=O)NCCc2ccccc2Cl)C1. The molecule has 2 aromatic rings. The Morgan fingerprint density at radius 1 is 1.09 bits per heavy atom. The van der Waals surface area contributed by atoms with Crippen LogP contribution in [-0.2, 0) is 26.0 Å². The molecule has 1 aliphatic rings. The van der Waals surface area contributed by atoms with Gasteiger partial charge in [0.1, 0.15) is 6.04 Å². The third-order valence-electron chi connectivity index (χ3n) is 5.88. The topological polar surface area (TPSA) is 86.8 Å². The highest BCUT2D eigenvalue weighted by atomic mass is 35.5. The maximum absolute atomic E-state index is 13.4. The first kappa shape index (κ1) is 25.2. The molecule has 0 aliphatic carbocycles. The van der Waals surface area contributed by atoms with Gasteiger partial charge in [0.2, 0.25) is 21.8 Å². The normalized spacial score (nSPS) is 17.2. The minimum atomic E-state index is -3.92. The lowest BCUT2D eigenvalue weighted by molar-refractivity contribution is -0.134. The zero-order chi connectivity index (χ0) is 24.2. The van der Waals surface area contributed by atoms with Gasteiger partial charge in [0, 0.05) is 38.1 Å². The first-order valence-electron chi connectivity index (χ1n) is 11.0. The molecular weight excluding hydrogens is 462 g/mol. The van der Waals surface area contributed by atoms with E-state index in [0.29, 0.717) is 18.0 Å². The summed E-state index contributed by atoms with van der Waals surface area (Å²) < 4.78 is 28.1. The molecule has 0 aromatic heterocycles. The first-order chi connectivity index (χ1) is 15.6. The fourth-order valence-electron chi connectivity index (χ4n) is 3.85. The van der Waals surface area contributed by atoms with Crippen molar-refractivity contribution in [2.45, 2.75) is 44.0 Å². The number of nitrogens with zero attached hydrogens (tertiary/aromatic N) is 2. The molecule has 0 saturated carbocycles. The Labute approximate surface area is 200 Å². The smallest absolute Gasteiger partial charge is 0.243 e. The van der Waals surface area contributed by atoms with Gasteiger partial charge in [-0.25, -0.2) is 8.42 Å². The second kappa shape index (κ2) is 10.7. The molecule has 33 heavy (non-hydrogen) atoms. The first-order valence-corrected chi connectivity index (χ1v) is 12.8. The van der Waals surface area contributed by atoms with Gasteiger partial charge in [-0.3, -0.25) is 9.59 Å². The van der Waals surface area contributed by atoms with Gasteiger partial charge in [-0.05, 0) is 41.7 Å². The molecule has 7 nitrogen and oxygen atoms in total. The standard InChI is InChI=1S/C24H30ClN3O4S/c1-17(2)19-8-10-21(11-9-19)33(31,32)28-15-14-27(18(3)29)16-23(28)24(30)26-13-12-20-6-4-5-7-22(20)25/h4-11,17,23H,12-16H2,1-3H3,(H,26,30)/t23-/m1/s1. The number of benzene rings is 2. The third-order valence-corrected chi connectivity index (χ3v) is 8.18. The summed E-state index contributed by atoms with van der Waals surface area (Å²) in [6, 6.07) is 13.1. The zero-order valence-corrected chi connectivity index (χ0v) is 20.7. The maximum Gasteiger partial charge on any atom is 0.243 e. The van der Waals surface area contributed by atoms with Crippen molar-refractivity contribution in [3.63, 3.8) is 0 Å². The van der Waals surface area contributed by atoms with E-state index in [1.165, 1.54) is 16.1 Å². The van der Waals surface area contributed by atoms with E-state index >= 15 is 0 Å². The molecule has 3 rings (SSSR count). The predicted octanol–water partition coefficient (Wildman–Crippen LogP) is 3.04. The fraction of sp³-hybridized carbons (Fsp3) is 0.417. The van der Waals surface area contributed by atoms with Crippen molar-refractivity contribution < 1.29 is 18.0 Å². The number of amides is 2. The van der Waals surface area contributed by atoms with Crippen LogP contribution in [0.1, 0.15) is 37.8 Å². The van der Waals surface area contributed by atoms with Gasteiger partial charge in [-0.1, -0.05) is 55.8 Å². The summed E-state index contributed by atoms with van der Waals surface area (Å²) in [5, 5.41) is 3.44. The molecular formula is C24H30ClN3O4S. The van der Waals surface area contributed by atoms with Crippen LogP contribution in [0.15, 0.2) is 53.4 Å². The Bertz CT molecular complexity index is 1100. The largest absolute Gasteiger partial charge is 0.354 e. The quantitative estimate of drug-likeness (QED) is 0.645. The molecule has 2 aromatic carbocycles. The average molecular weight is 492 g/mol. The van der Waals surface area contributed by atoms with Crippen LogP contribution in [0.3, 0.4) is 0 Å². The van der Waals surface area contributed by atoms with Crippen LogP contribution in [0.2, 0.25) is 5.02 Å². The second-order valence-electron chi connectivity index (χ2n) is 8.45. The highest BCUT2D eigenvalue weighted by Gasteiger charge is 2.40. The molecule has 178 valence electrons. The minimum Gasteiger partial charge on any atom is -0.354 e. The van der Waals surface area contributed by atoms with E-state index in [1.54, 1.807) is 30.3 Å². The van der Waals surface area contributed by atoms with Crippen LogP contribution < -0.4 is 5.32 Å². The van der Waals surface area contributed by atoms with Crippen molar-refractivity contribution in [3.05, 3.63) is 64.7 Å². The van der Waals surface area contributed by atoms with Gasteiger partial charge in [-0.2, -0.15) is 4.31 Å². The van der Waals surface area contributed by atoms with Crippen molar-refractivity contribution >= 4 is 33.4 Å². The molecule has 1 fully saturated rings. The van der Waals surface area contributed by atoms with E-state index in [0.717, 1.165) is 11.1 Å². The minimum absolute atomic E-state index is 0.0105. The summed E-state index contributed by atoms with van der Waals surface area (Å²) in [5.74, 6) is -0.352. The number of sulfonamides is 1. The second-order valence-corrected chi connectivity index (χ2v) is 10.8. The van der Waals surface area contributed by atoms with E-state index in [4.69, 9.17) is 11.6 Å². The van der Waals surface area contributed by atoms with E-state index in [9.17, 15) is 18.0 Å². The summed E-state index contributed by atoms with van der Waals surface area (Å²) in [6.07, 6.45) is 0.512. The summed E-state index contributed by atoms with van der Waals surface area (Å²) in [7, 11) is -3.92. The molecule has 1 saturated heterocycles. The number of piperazine rings is 1. The number of carbonyl (C=O) groups is 2. The van der Waals surface area contributed by atoms with Crippen LogP contribution in [0, 0.1) is 0 Å². The van der Waals surface area contributed by atoms with Gasteiger partial charge in [0.25, 0.3) is 0 Å². The molecule has 0 bridgehead atoms. The Morgan fingerprint density at radius 2 is 1.76 bits per heavy atom. The highest BCUT2D eigenvalue weighted by molar-refractivity contribution is 7.89.